The molecule has 0 unspecified atom stereocenters. The highest BCUT2D eigenvalue weighted by Crippen LogP contribution is 2.28. The fourth-order valence-electron chi connectivity index (χ4n) is 2.24. The first-order chi connectivity index (χ1) is 13.2. The molecule has 0 fully saturated rings. The second kappa shape index (κ2) is 7.77. The molecule has 4 aromatic rings. The lowest BCUT2D eigenvalue weighted by molar-refractivity contribution is -0.115. The van der Waals surface area contributed by atoms with Crippen molar-refractivity contribution in [3.63, 3.8) is 0 Å². The molecule has 3 heterocycles. The van der Waals surface area contributed by atoms with Crippen LogP contribution in [-0.2, 0) is 4.79 Å². The van der Waals surface area contributed by atoms with Crippen molar-refractivity contribution in [2.45, 2.75) is 17.4 Å². The van der Waals surface area contributed by atoms with Crippen LogP contribution in [0.25, 0.3) is 22.9 Å². The summed E-state index contributed by atoms with van der Waals surface area (Å²) in [7, 11) is 0. The Kier molecular flexibility index (Phi) is 5.03. The molecular weight excluding hydrogens is 384 g/mol. The molecule has 136 valence electrons. The molecule has 4 rings (SSSR count). The quantitative estimate of drug-likeness (QED) is 0.475. The lowest BCUT2D eigenvalue weighted by Gasteiger charge is -2.07. The van der Waals surface area contributed by atoms with E-state index in [0.29, 0.717) is 16.1 Å². The minimum Gasteiger partial charge on any atom is -0.459 e. The molecule has 3 aromatic heterocycles. The number of aromatic nitrogens is 3. The maximum Gasteiger partial charge on any atom is 0.284 e. The summed E-state index contributed by atoms with van der Waals surface area (Å²) >= 11 is 2.56. The van der Waals surface area contributed by atoms with Gasteiger partial charge in [-0.1, -0.05) is 42.1 Å². The molecule has 0 bridgehead atoms. The van der Waals surface area contributed by atoms with Crippen LogP contribution in [0.3, 0.4) is 0 Å². The average Bonchev–Trinajstić information content (AvgIpc) is 3.44. The van der Waals surface area contributed by atoms with E-state index in [-0.39, 0.29) is 11.8 Å². The number of anilines is 1. The van der Waals surface area contributed by atoms with Crippen molar-refractivity contribution in [3.05, 3.63) is 54.1 Å². The summed E-state index contributed by atoms with van der Waals surface area (Å²) in [6, 6.07) is 13.3. The number of carbonyl (C=O) groups is 1. The zero-order valence-electron chi connectivity index (χ0n) is 14.2. The normalized spacial score (nSPS) is 12.0. The smallest absolute Gasteiger partial charge is 0.284 e. The summed E-state index contributed by atoms with van der Waals surface area (Å²) in [6.45, 7) is 1.77. The first-order valence-corrected chi connectivity index (χ1v) is 9.81. The van der Waals surface area contributed by atoms with E-state index in [0.717, 1.165) is 11.3 Å². The summed E-state index contributed by atoms with van der Waals surface area (Å²) in [5.41, 5.74) is 1.84. The number of hydrogen-bond donors (Lipinski definition) is 1. The van der Waals surface area contributed by atoms with Crippen LogP contribution in [0.5, 0.6) is 0 Å². The Hall–Kier alpha value is -2.91. The van der Waals surface area contributed by atoms with Gasteiger partial charge in [0.15, 0.2) is 10.9 Å². The number of hydrogen-bond acceptors (Lipinski definition) is 8. The third kappa shape index (κ3) is 4.09. The van der Waals surface area contributed by atoms with E-state index in [4.69, 9.17) is 8.83 Å². The minimum absolute atomic E-state index is 0.188. The fraction of sp³-hybridized carbons (Fsp3) is 0.111. The van der Waals surface area contributed by atoms with Crippen molar-refractivity contribution < 1.29 is 13.6 Å². The molecule has 0 aliphatic rings. The van der Waals surface area contributed by atoms with Crippen LogP contribution in [-0.4, -0.2) is 26.3 Å². The molecule has 0 radical (unpaired) electrons. The van der Waals surface area contributed by atoms with Crippen LogP contribution in [0.1, 0.15) is 6.92 Å². The number of rotatable bonds is 6. The van der Waals surface area contributed by atoms with Gasteiger partial charge in [0, 0.05) is 10.9 Å². The van der Waals surface area contributed by atoms with Gasteiger partial charge in [0.05, 0.1) is 17.2 Å². The Labute approximate surface area is 162 Å². The molecule has 1 amide bonds. The number of nitrogens with one attached hydrogen (secondary N) is 1. The molecule has 1 N–H and O–H groups in total. The highest BCUT2D eigenvalue weighted by Gasteiger charge is 2.20. The molecule has 0 saturated carbocycles. The molecule has 9 heteroatoms. The van der Waals surface area contributed by atoms with E-state index >= 15 is 0 Å². The van der Waals surface area contributed by atoms with Crippen LogP contribution in [0.15, 0.2) is 68.2 Å². The van der Waals surface area contributed by atoms with Crippen molar-refractivity contribution in [2.24, 2.45) is 0 Å². The van der Waals surface area contributed by atoms with E-state index in [2.05, 4.69) is 20.5 Å². The van der Waals surface area contributed by atoms with Crippen molar-refractivity contribution in [1.82, 2.24) is 15.2 Å². The van der Waals surface area contributed by atoms with Gasteiger partial charge in [0.25, 0.3) is 11.1 Å². The Bertz CT molecular complexity index is 1030. The highest BCUT2D eigenvalue weighted by atomic mass is 32.2. The Morgan fingerprint density at radius 3 is 2.81 bits per heavy atom. The number of thiazole rings is 1. The molecule has 0 saturated heterocycles. The largest absolute Gasteiger partial charge is 0.459 e. The summed E-state index contributed by atoms with van der Waals surface area (Å²) in [6.07, 6.45) is 1.53. The average molecular weight is 398 g/mol. The number of thioether (sulfide) groups is 1. The molecule has 7 nitrogen and oxygen atoms in total. The number of nitrogens with zero attached hydrogens (tertiary/aromatic N) is 3. The summed E-state index contributed by atoms with van der Waals surface area (Å²) < 4.78 is 10.7. The molecule has 1 atom stereocenters. The molecule has 0 aliphatic heterocycles. The SMILES string of the molecule is C[C@H](Sc1nnc(-c2ccco2)o1)C(=O)Nc1nc(-c2ccccc2)cs1. The number of furan rings is 1. The van der Waals surface area contributed by atoms with Gasteiger partial charge in [-0.25, -0.2) is 4.98 Å². The van der Waals surface area contributed by atoms with Crippen molar-refractivity contribution in [2.75, 3.05) is 5.32 Å². The number of benzene rings is 1. The van der Waals surface area contributed by atoms with Crippen molar-refractivity contribution in [3.8, 4) is 22.9 Å². The van der Waals surface area contributed by atoms with Gasteiger partial charge in [-0.2, -0.15) is 0 Å². The lowest BCUT2D eigenvalue weighted by atomic mass is 10.2. The molecular formula is C18H14N4O3S2. The molecule has 0 aliphatic carbocycles. The van der Waals surface area contributed by atoms with Crippen LogP contribution in [0.2, 0.25) is 0 Å². The Morgan fingerprint density at radius 2 is 2.04 bits per heavy atom. The monoisotopic (exact) mass is 398 g/mol. The molecule has 1 aromatic carbocycles. The predicted octanol–water partition coefficient (Wildman–Crippen LogP) is 4.57. The second-order valence-electron chi connectivity index (χ2n) is 5.50. The zero-order valence-corrected chi connectivity index (χ0v) is 15.8. The van der Waals surface area contributed by atoms with E-state index < -0.39 is 5.25 Å². The Morgan fingerprint density at radius 1 is 1.19 bits per heavy atom. The first-order valence-electron chi connectivity index (χ1n) is 8.05. The van der Waals surface area contributed by atoms with E-state index in [1.807, 2.05) is 35.7 Å². The van der Waals surface area contributed by atoms with Crippen molar-refractivity contribution >= 4 is 34.1 Å². The van der Waals surface area contributed by atoms with Crippen LogP contribution >= 0.6 is 23.1 Å². The van der Waals surface area contributed by atoms with Gasteiger partial charge in [-0.15, -0.1) is 21.5 Å². The van der Waals surface area contributed by atoms with E-state index in [1.54, 1.807) is 19.1 Å². The van der Waals surface area contributed by atoms with Crippen molar-refractivity contribution in [1.29, 1.82) is 0 Å². The van der Waals surface area contributed by atoms with Gasteiger partial charge in [-0.3, -0.25) is 4.79 Å². The first kappa shape index (κ1) is 17.5. The standard InChI is InChI=1S/C18H14N4O3S2/c1-11(27-18-22-21-16(25-18)14-8-5-9-24-14)15(23)20-17-19-13(10-26-17)12-6-3-2-4-7-12/h2-11H,1H3,(H,19,20,23)/t11-/m0/s1. The third-order valence-corrected chi connectivity index (χ3v) is 5.28. The van der Waals surface area contributed by atoms with E-state index in [9.17, 15) is 4.79 Å². The summed E-state index contributed by atoms with van der Waals surface area (Å²) in [4.78, 5) is 16.9. The highest BCUT2D eigenvalue weighted by molar-refractivity contribution is 8.00. The lowest BCUT2D eigenvalue weighted by Crippen LogP contribution is -2.22. The molecule has 27 heavy (non-hydrogen) atoms. The zero-order chi connectivity index (χ0) is 18.6. The Balaban J connectivity index is 1.38. The minimum atomic E-state index is -0.432. The van der Waals surface area contributed by atoms with Crippen LogP contribution in [0, 0.1) is 0 Å². The summed E-state index contributed by atoms with van der Waals surface area (Å²) in [5, 5.41) is 13.0. The second-order valence-corrected chi connectivity index (χ2v) is 7.65. The fourth-order valence-corrected chi connectivity index (χ4v) is 3.65. The summed E-state index contributed by atoms with van der Waals surface area (Å²) in [5.74, 6) is 0.580. The van der Waals surface area contributed by atoms with Crippen LogP contribution in [0.4, 0.5) is 5.13 Å². The maximum absolute atomic E-state index is 12.4. The van der Waals surface area contributed by atoms with Gasteiger partial charge in [0.2, 0.25) is 5.91 Å². The van der Waals surface area contributed by atoms with Gasteiger partial charge >= 0.3 is 0 Å². The molecule has 0 spiro atoms. The van der Waals surface area contributed by atoms with Gasteiger partial charge in [0.1, 0.15) is 0 Å². The van der Waals surface area contributed by atoms with Gasteiger partial charge in [-0.05, 0) is 19.1 Å². The maximum atomic E-state index is 12.4. The third-order valence-electron chi connectivity index (χ3n) is 3.59. The number of amides is 1. The van der Waals surface area contributed by atoms with E-state index in [1.165, 1.54) is 29.4 Å². The predicted molar refractivity (Wildman–Crippen MR) is 103 cm³/mol. The number of carbonyl (C=O) groups excluding carboxylic acids is 1. The topological polar surface area (TPSA) is 94.0 Å². The van der Waals surface area contributed by atoms with Crippen LogP contribution < -0.4 is 5.32 Å². The van der Waals surface area contributed by atoms with Gasteiger partial charge < -0.3 is 14.2 Å².